The van der Waals surface area contributed by atoms with E-state index in [4.69, 9.17) is 4.74 Å². The fourth-order valence-corrected chi connectivity index (χ4v) is 3.58. The number of rotatable bonds is 5. The van der Waals surface area contributed by atoms with Crippen molar-refractivity contribution in [2.24, 2.45) is 0 Å². The highest BCUT2D eigenvalue weighted by molar-refractivity contribution is 6.11. The van der Waals surface area contributed by atoms with E-state index in [1.807, 2.05) is 62.4 Å². The molecule has 0 aliphatic rings. The largest absolute Gasteiger partial charge is 0.445 e. The highest BCUT2D eigenvalue weighted by atomic mass is 16.5. The second-order valence-electron chi connectivity index (χ2n) is 7.18. The molecule has 1 aromatic heterocycles. The van der Waals surface area contributed by atoms with Gasteiger partial charge in [0.1, 0.15) is 0 Å². The Morgan fingerprint density at radius 2 is 1.52 bits per heavy atom. The van der Waals surface area contributed by atoms with Gasteiger partial charge in [-0.3, -0.25) is 4.79 Å². The Morgan fingerprint density at radius 3 is 2.24 bits per heavy atom. The summed E-state index contributed by atoms with van der Waals surface area (Å²) in [5, 5.41) is 0.806. The highest BCUT2D eigenvalue weighted by Gasteiger charge is 2.28. The highest BCUT2D eigenvalue weighted by Crippen LogP contribution is 2.28. The van der Waals surface area contributed by atoms with Crippen molar-refractivity contribution in [1.82, 2.24) is 4.98 Å². The molecule has 4 nitrogen and oxygen atoms in total. The summed E-state index contributed by atoms with van der Waals surface area (Å²) in [6.45, 7) is 3.85. The van der Waals surface area contributed by atoms with Crippen molar-refractivity contribution < 1.29 is 14.3 Å². The van der Waals surface area contributed by atoms with Crippen LogP contribution in [0.5, 0.6) is 0 Å². The van der Waals surface area contributed by atoms with Crippen molar-refractivity contribution >= 4 is 22.7 Å². The first-order chi connectivity index (χ1) is 14.0. The van der Waals surface area contributed by atoms with Crippen molar-refractivity contribution in [2.75, 3.05) is 0 Å². The second-order valence-corrected chi connectivity index (χ2v) is 7.18. The maximum absolute atomic E-state index is 13.4. The first kappa shape index (κ1) is 18.7. The topological polar surface area (TPSA) is 59.2 Å². The SMILES string of the molecule is Cc1cc(C)cc(C(=O)OC(C(=O)c2c[nH]c3ccccc23)c2ccccc2)c1. The zero-order chi connectivity index (χ0) is 20.4. The normalized spacial score (nSPS) is 11.9. The molecule has 4 heteroatoms. The summed E-state index contributed by atoms with van der Waals surface area (Å²) in [6, 6.07) is 22.2. The second kappa shape index (κ2) is 7.76. The van der Waals surface area contributed by atoms with Crippen LogP contribution in [-0.2, 0) is 4.74 Å². The van der Waals surface area contributed by atoms with Crippen LogP contribution in [0.15, 0.2) is 79.0 Å². The summed E-state index contributed by atoms with van der Waals surface area (Å²) < 4.78 is 5.76. The molecule has 0 saturated carbocycles. The Labute approximate surface area is 169 Å². The Morgan fingerprint density at radius 1 is 0.862 bits per heavy atom. The number of aromatic nitrogens is 1. The molecule has 3 aromatic carbocycles. The average Bonchev–Trinajstić information content (AvgIpc) is 3.15. The van der Waals surface area contributed by atoms with Crippen LogP contribution < -0.4 is 0 Å². The third-order valence-electron chi connectivity index (χ3n) is 4.88. The van der Waals surface area contributed by atoms with E-state index in [9.17, 15) is 9.59 Å². The summed E-state index contributed by atoms with van der Waals surface area (Å²) >= 11 is 0. The molecule has 0 bridgehead atoms. The molecule has 1 N–H and O–H groups in total. The number of esters is 1. The minimum absolute atomic E-state index is 0.258. The molecular formula is C25H21NO3. The van der Waals surface area contributed by atoms with Crippen LogP contribution in [0.1, 0.15) is 43.5 Å². The molecule has 1 heterocycles. The molecule has 0 fully saturated rings. The monoisotopic (exact) mass is 383 g/mol. The lowest BCUT2D eigenvalue weighted by molar-refractivity contribution is 0.0280. The van der Waals surface area contributed by atoms with E-state index in [1.165, 1.54) is 0 Å². The van der Waals surface area contributed by atoms with Crippen molar-refractivity contribution in [3.63, 3.8) is 0 Å². The maximum Gasteiger partial charge on any atom is 0.339 e. The number of Topliss-reactive ketones (excluding diaryl/α,β-unsaturated/α-hetero) is 1. The van der Waals surface area contributed by atoms with Gasteiger partial charge in [-0.25, -0.2) is 4.79 Å². The van der Waals surface area contributed by atoms with Gasteiger partial charge in [0.2, 0.25) is 5.78 Å². The number of ether oxygens (including phenoxy) is 1. The van der Waals surface area contributed by atoms with Crippen LogP contribution in [0.3, 0.4) is 0 Å². The predicted octanol–water partition coefficient (Wildman–Crippen LogP) is 5.57. The van der Waals surface area contributed by atoms with Gasteiger partial charge in [-0.2, -0.15) is 0 Å². The molecule has 0 radical (unpaired) electrons. The van der Waals surface area contributed by atoms with Gasteiger partial charge < -0.3 is 9.72 Å². The van der Waals surface area contributed by atoms with Crippen molar-refractivity contribution in [1.29, 1.82) is 0 Å². The minimum Gasteiger partial charge on any atom is -0.445 e. The standard InChI is InChI=1S/C25H21NO3/c1-16-12-17(2)14-19(13-16)25(28)29-24(18-8-4-3-5-9-18)23(27)21-15-26-22-11-7-6-10-20(21)22/h3-15,24,26H,1-2H3. The number of H-pyrrole nitrogens is 1. The van der Waals surface area contributed by atoms with E-state index < -0.39 is 12.1 Å². The number of ketones is 1. The number of para-hydroxylation sites is 1. The van der Waals surface area contributed by atoms with Crippen molar-refractivity contribution in [3.05, 3.63) is 107 Å². The first-order valence-corrected chi connectivity index (χ1v) is 9.47. The van der Waals surface area contributed by atoms with Gasteiger partial charge in [0.15, 0.2) is 6.10 Å². The molecule has 0 spiro atoms. The Kier molecular flexibility index (Phi) is 5.00. The number of aromatic amines is 1. The predicted molar refractivity (Wildman–Crippen MR) is 113 cm³/mol. The number of carbonyl (C=O) groups excluding carboxylic acids is 2. The van der Waals surface area contributed by atoms with E-state index in [0.717, 1.165) is 22.0 Å². The number of aryl methyl sites for hydroxylation is 2. The molecular weight excluding hydrogens is 362 g/mol. The van der Waals surface area contributed by atoms with E-state index >= 15 is 0 Å². The molecule has 1 atom stereocenters. The third-order valence-corrected chi connectivity index (χ3v) is 4.88. The fraction of sp³-hybridized carbons (Fsp3) is 0.120. The quantitative estimate of drug-likeness (QED) is 0.362. The van der Waals surface area contributed by atoms with Crippen LogP contribution >= 0.6 is 0 Å². The van der Waals surface area contributed by atoms with Gasteiger partial charge in [0.25, 0.3) is 0 Å². The smallest absolute Gasteiger partial charge is 0.339 e. The van der Waals surface area contributed by atoms with Gasteiger partial charge >= 0.3 is 5.97 Å². The lowest BCUT2D eigenvalue weighted by Crippen LogP contribution is -2.20. The fourth-order valence-electron chi connectivity index (χ4n) is 3.58. The van der Waals surface area contributed by atoms with E-state index in [2.05, 4.69) is 4.98 Å². The summed E-state index contributed by atoms with van der Waals surface area (Å²) in [5.41, 5.74) is 4.38. The summed E-state index contributed by atoms with van der Waals surface area (Å²) in [7, 11) is 0. The number of benzene rings is 3. The van der Waals surface area contributed by atoms with Gasteiger partial charge in [0, 0.05) is 28.2 Å². The molecule has 0 aliphatic heterocycles. The lowest BCUT2D eigenvalue weighted by atomic mass is 9.99. The van der Waals surface area contributed by atoms with Crippen LogP contribution in [-0.4, -0.2) is 16.7 Å². The first-order valence-electron chi connectivity index (χ1n) is 9.47. The minimum atomic E-state index is -1.02. The Balaban J connectivity index is 1.72. The van der Waals surface area contributed by atoms with Gasteiger partial charge in [-0.05, 0) is 32.0 Å². The van der Waals surface area contributed by atoms with Crippen molar-refractivity contribution in [3.8, 4) is 0 Å². The molecule has 0 saturated heterocycles. The maximum atomic E-state index is 13.4. The molecule has 0 aliphatic carbocycles. The van der Waals surface area contributed by atoms with Crippen LogP contribution in [0.2, 0.25) is 0 Å². The molecule has 1 unspecified atom stereocenters. The van der Waals surface area contributed by atoms with E-state index in [-0.39, 0.29) is 5.78 Å². The number of hydrogen-bond donors (Lipinski definition) is 1. The van der Waals surface area contributed by atoms with E-state index in [0.29, 0.717) is 16.7 Å². The summed E-state index contributed by atoms with van der Waals surface area (Å²) in [5.74, 6) is -0.773. The summed E-state index contributed by atoms with van der Waals surface area (Å²) in [4.78, 5) is 29.4. The Hall–Kier alpha value is -3.66. The van der Waals surface area contributed by atoms with Crippen LogP contribution in [0.25, 0.3) is 10.9 Å². The van der Waals surface area contributed by atoms with E-state index in [1.54, 1.807) is 30.5 Å². The van der Waals surface area contributed by atoms with Gasteiger partial charge in [-0.15, -0.1) is 0 Å². The number of hydrogen-bond acceptors (Lipinski definition) is 3. The molecule has 4 rings (SSSR count). The van der Waals surface area contributed by atoms with Gasteiger partial charge in [0.05, 0.1) is 5.56 Å². The number of nitrogens with one attached hydrogen (secondary N) is 1. The Bertz CT molecular complexity index is 1170. The average molecular weight is 383 g/mol. The third kappa shape index (κ3) is 3.83. The zero-order valence-electron chi connectivity index (χ0n) is 16.3. The number of carbonyl (C=O) groups is 2. The zero-order valence-corrected chi connectivity index (χ0v) is 16.3. The summed E-state index contributed by atoms with van der Waals surface area (Å²) in [6.07, 6.45) is 0.650. The molecule has 29 heavy (non-hydrogen) atoms. The van der Waals surface area contributed by atoms with Crippen LogP contribution in [0.4, 0.5) is 0 Å². The van der Waals surface area contributed by atoms with Crippen LogP contribution in [0, 0.1) is 13.8 Å². The molecule has 144 valence electrons. The van der Waals surface area contributed by atoms with Gasteiger partial charge in [-0.1, -0.05) is 65.7 Å². The number of fused-ring (bicyclic) bond motifs is 1. The lowest BCUT2D eigenvalue weighted by Gasteiger charge is -2.17. The molecule has 0 amide bonds. The molecule has 4 aromatic rings. The van der Waals surface area contributed by atoms with Crippen molar-refractivity contribution in [2.45, 2.75) is 20.0 Å².